The predicted molar refractivity (Wildman–Crippen MR) is 110 cm³/mol. The number of pyridine rings is 1. The van der Waals surface area contributed by atoms with Crippen molar-refractivity contribution in [1.29, 1.82) is 0 Å². The van der Waals surface area contributed by atoms with Crippen molar-refractivity contribution in [3.63, 3.8) is 0 Å². The van der Waals surface area contributed by atoms with Crippen LogP contribution in [0.5, 0.6) is 0 Å². The van der Waals surface area contributed by atoms with E-state index < -0.39 is 16.1 Å². The van der Waals surface area contributed by atoms with E-state index in [0.717, 1.165) is 10.7 Å². The first-order chi connectivity index (χ1) is 13.4. The third-order valence-electron chi connectivity index (χ3n) is 4.14. The van der Waals surface area contributed by atoms with Gasteiger partial charge in [0.2, 0.25) is 10.0 Å². The number of aromatic nitrogens is 4. The summed E-state index contributed by atoms with van der Waals surface area (Å²) in [6.45, 7) is 2.60. The molecule has 0 saturated carbocycles. The number of nitrogens with zero attached hydrogens (tertiary/aromatic N) is 4. The van der Waals surface area contributed by atoms with Crippen LogP contribution in [0.4, 0.5) is 0 Å². The number of sulfonamides is 1. The molecule has 28 heavy (non-hydrogen) atoms. The Morgan fingerprint density at radius 2 is 1.96 bits per heavy atom. The highest BCUT2D eigenvalue weighted by molar-refractivity contribution is 7.98. The highest BCUT2D eigenvalue weighted by Gasteiger charge is 2.27. The van der Waals surface area contributed by atoms with Crippen LogP contribution in [0.3, 0.4) is 0 Å². The van der Waals surface area contributed by atoms with E-state index in [9.17, 15) is 8.42 Å². The van der Waals surface area contributed by atoms with Crippen molar-refractivity contribution in [2.24, 2.45) is 0 Å². The van der Waals surface area contributed by atoms with Crippen LogP contribution in [0.1, 0.15) is 24.4 Å². The van der Waals surface area contributed by atoms with Crippen LogP contribution in [0.2, 0.25) is 5.02 Å². The third-order valence-corrected chi connectivity index (χ3v) is 6.55. The van der Waals surface area contributed by atoms with E-state index in [1.807, 2.05) is 29.9 Å². The first-order valence-corrected chi connectivity index (χ1v) is 11.7. The molecule has 0 radical (unpaired) electrons. The van der Waals surface area contributed by atoms with E-state index in [-0.39, 0.29) is 4.90 Å². The smallest absolute Gasteiger partial charge is 0.241 e. The fraction of sp³-hybridized carbons (Fsp3) is 0.278. The standard InChI is InChI=1S/C18H20ClN5O2S2/c1-3-24-17(21-22-18(24)27-2)16(11-13-5-4-10-20-12-13)23-28(25,26)15-8-6-14(19)7-9-15/h4-10,12,16,23H,3,11H2,1-2H3/t16-/m1/s1. The van der Waals surface area contributed by atoms with E-state index in [1.165, 1.54) is 23.9 Å². The summed E-state index contributed by atoms with van der Waals surface area (Å²) in [5.74, 6) is 0.563. The Morgan fingerprint density at radius 1 is 1.21 bits per heavy atom. The van der Waals surface area contributed by atoms with E-state index in [1.54, 1.807) is 24.5 Å². The minimum Gasteiger partial charge on any atom is -0.305 e. The van der Waals surface area contributed by atoms with Gasteiger partial charge in [0.1, 0.15) is 0 Å². The fourth-order valence-corrected chi connectivity index (χ4v) is 4.70. The molecular weight excluding hydrogens is 418 g/mol. The lowest BCUT2D eigenvalue weighted by Crippen LogP contribution is -2.32. The van der Waals surface area contributed by atoms with Gasteiger partial charge in [-0.25, -0.2) is 13.1 Å². The molecule has 0 aliphatic rings. The van der Waals surface area contributed by atoms with E-state index in [2.05, 4.69) is 19.9 Å². The average molecular weight is 438 g/mol. The van der Waals surface area contributed by atoms with Crippen LogP contribution in [0.15, 0.2) is 58.8 Å². The summed E-state index contributed by atoms with van der Waals surface area (Å²) < 4.78 is 30.6. The summed E-state index contributed by atoms with van der Waals surface area (Å²) in [6, 6.07) is 9.17. The normalized spacial score (nSPS) is 12.8. The molecule has 0 fully saturated rings. The summed E-state index contributed by atoms with van der Waals surface area (Å²) in [6.07, 6.45) is 5.70. The van der Waals surface area contributed by atoms with Gasteiger partial charge >= 0.3 is 0 Å². The maximum absolute atomic E-state index is 13.0. The van der Waals surface area contributed by atoms with Gasteiger partial charge in [0.25, 0.3) is 0 Å². The molecule has 3 rings (SSSR count). The second-order valence-corrected chi connectivity index (χ2v) is 8.91. The zero-order valence-electron chi connectivity index (χ0n) is 15.4. The Bertz CT molecular complexity index is 1020. The van der Waals surface area contributed by atoms with Crippen LogP contribution in [0.25, 0.3) is 0 Å². The second kappa shape index (κ2) is 9.04. The summed E-state index contributed by atoms with van der Waals surface area (Å²) in [5, 5.41) is 9.67. The molecule has 1 N–H and O–H groups in total. The molecule has 2 heterocycles. The average Bonchev–Trinajstić information content (AvgIpc) is 3.11. The van der Waals surface area contributed by atoms with Gasteiger partial charge in [0.15, 0.2) is 11.0 Å². The van der Waals surface area contributed by atoms with E-state index in [4.69, 9.17) is 11.6 Å². The Morgan fingerprint density at radius 3 is 2.57 bits per heavy atom. The molecule has 7 nitrogen and oxygen atoms in total. The van der Waals surface area contributed by atoms with Gasteiger partial charge in [-0.1, -0.05) is 29.4 Å². The number of nitrogens with one attached hydrogen (secondary N) is 1. The van der Waals surface area contributed by atoms with Gasteiger partial charge in [0, 0.05) is 24.0 Å². The predicted octanol–water partition coefficient (Wildman–Crippen LogP) is 3.33. The lowest BCUT2D eigenvalue weighted by Gasteiger charge is -2.19. The van der Waals surface area contributed by atoms with E-state index >= 15 is 0 Å². The highest BCUT2D eigenvalue weighted by atomic mass is 35.5. The molecule has 0 amide bonds. The first-order valence-electron chi connectivity index (χ1n) is 8.58. The lowest BCUT2D eigenvalue weighted by atomic mass is 10.1. The van der Waals surface area contributed by atoms with Crippen LogP contribution >= 0.6 is 23.4 Å². The zero-order chi connectivity index (χ0) is 20.1. The number of benzene rings is 1. The minimum absolute atomic E-state index is 0.140. The quantitative estimate of drug-likeness (QED) is 0.543. The van der Waals surface area contributed by atoms with E-state index in [0.29, 0.717) is 23.8 Å². The largest absolute Gasteiger partial charge is 0.305 e. The monoisotopic (exact) mass is 437 g/mol. The SMILES string of the molecule is CCn1c(SC)nnc1[C@@H](Cc1cccnc1)NS(=O)(=O)c1ccc(Cl)cc1. The van der Waals surface area contributed by atoms with Gasteiger partial charge in [-0.05, 0) is 55.5 Å². The molecule has 3 aromatic rings. The number of rotatable bonds is 8. The number of hydrogen-bond donors (Lipinski definition) is 1. The molecular formula is C18H20ClN5O2S2. The summed E-state index contributed by atoms with van der Waals surface area (Å²) >= 11 is 7.35. The second-order valence-electron chi connectivity index (χ2n) is 5.98. The maximum atomic E-state index is 13.0. The minimum atomic E-state index is -3.78. The van der Waals surface area contributed by atoms with Crippen LogP contribution in [0, 0.1) is 0 Å². The topological polar surface area (TPSA) is 89.8 Å². The van der Waals surface area contributed by atoms with Crippen molar-refractivity contribution >= 4 is 33.4 Å². The maximum Gasteiger partial charge on any atom is 0.241 e. The molecule has 148 valence electrons. The van der Waals surface area contributed by atoms with Gasteiger partial charge in [-0.2, -0.15) is 0 Å². The number of halogens is 1. The summed E-state index contributed by atoms with van der Waals surface area (Å²) in [7, 11) is -3.78. The van der Waals surface area contributed by atoms with Gasteiger partial charge < -0.3 is 4.57 Å². The molecule has 0 spiro atoms. The van der Waals surface area contributed by atoms with Crippen molar-refractivity contribution in [2.75, 3.05) is 6.26 Å². The lowest BCUT2D eigenvalue weighted by molar-refractivity contribution is 0.517. The molecule has 1 atom stereocenters. The van der Waals surface area contributed by atoms with Crippen LogP contribution in [-0.2, 0) is 23.0 Å². The zero-order valence-corrected chi connectivity index (χ0v) is 17.8. The molecule has 0 saturated heterocycles. The Labute approximate surface area is 173 Å². The summed E-state index contributed by atoms with van der Waals surface area (Å²) in [4.78, 5) is 4.26. The number of hydrogen-bond acceptors (Lipinski definition) is 6. The van der Waals surface area contributed by atoms with Gasteiger partial charge in [-0.15, -0.1) is 10.2 Å². The van der Waals surface area contributed by atoms with Crippen molar-refractivity contribution in [3.05, 3.63) is 65.2 Å². The Kier molecular flexibility index (Phi) is 6.71. The molecule has 0 unspecified atom stereocenters. The highest BCUT2D eigenvalue weighted by Crippen LogP contribution is 2.24. The van der Waals surface area contributed by atoms with Crippen molar-refractivity contribution in [3.8, 4) is 0 Å². The van der Waals surface area contributed by atoms with Crippen molar-refractivity contribution < 1.29 is 8.42 Å². The third kappa shape index (κ3) is 4.72. The van der Waals surface area contributed by atoms with Crippen LogP contribution < -0.4 is 4.72 Å². The van der Waals surface area contributed by atoms with Crippen LogP contribution in [-0.4, -0.2) is 34.4 Å². The molecule has 2 aromatic heterocycles. The first kappa shape index (κ1) is 20.8. The van der Waals surface area contributed by atoms with Crippen molar-refractivity contribution in [1.82, 2.24) is 24.5 Å². The van der Waals surface area contributed by atoms with Gasteiger partial charge in [-0.3, -0.25) is 4.98 Å². The molecule has 0 aliphatic carbocycles. The fourth-order valence-electron chi connectivity index (χ4n) is 2.82. The molecule has 0 bridgehead atoms. The molecule has 1 aromatic carbocycles. The van der Waals surface area contributed by atoms with Crippen molar-refractivity contribution in [2.45, 2.75) is 36.0 Å². The number of thioether (sulfide) groups is 1. The molecule has 0 aliphatic heterocycles. The van der Waals surface area contributed by atoms with Gasteiger partial charge in [0.05, 0.1) is 10.9 Å². The Balaban J connectivity index is 1.99. The Hall–Kier alpha value is -1.94. The summed E-state index contributed by atoms with van der Waals surface area (Å²) in [5.41, 5.74) is 0.891. The molecule has 10 heteroatoms.